The molecular weight excluding hydrogens is 243 g/mol. The number of allylic oxidation sites excluding steroid dienone is 3. The number of carboxylic acid groups (broad SMARTS) is 2. The maximum absolute atomic E-state index is 10.1. The van der Waals surface area contributed by atoms with Gasteiger partial charge in [0.1, 0.15) is 0 Å². The van der Waals surface area contributed by atoms with Crippen LogP contribution in [0.15, 0.2) is 54.6 Å². The molecule has 0 bridgehead atoms. The van der Waals surface area contributed by atoms with Gasteiger partial charge in [0.25, 0.3) is 0 Å². The van der Waals surface area contributed by atoms with Gasteiger partial charge in [-0.3, -0.25) is 0 Å². The Balaban J connectivity index is 0. The summed E-state index contributed by atoms with van der Waals surface area (Å²) in [6.07, 6.45) is 5.98. The molecule has 0 aliphatic rings. The van der Waals surface area contributed by atoms with Crippen molar-refractivity contribution >= 4 is 11.9 Å². The maximum atomic E-state index is 10.1. The van der Waals surface area contributed by atoms with Gasteiger partial charge in [-0.25, -0.2) is 4.79 Å². The van der Waals surface area contributed by atoms with Crippen LogP contribution in [0.3, 0.4) is 0 Å². The summed E-state index contributed by atoms with van der Waals surface area (Å²) in [7, 11) is 0. The zero-order valence-electron chi connectivity index (χ0n) is 10.4. The largest absolute Gasteiger partial charge is 1.00 e. The van der Waals surface area contributed by atoms with Crippen molar-refractivity contribution in [3.8, 4) is 0 Å². The third-order valence-electron chi connectivity index (χ3n) is 1.55. The molecule has 4 nitrogen and oxygen atoms in total. The van der Waals surface area contributed by atoms with Crippen LogP contribution >= 0.6 is 0 Å². The quantitative estimate of drug-likeness (QED) is 0.395. The van der Waals surface area contributed by atoms with Crippen LogP contribution in [0.25, 0.3) is 0 Å². The Hall–Kier alpha value is -1.36. The fourth-order valence-electron chi connectivity index (χ4n) is 0.823. The molecule has 90 valence electrons. The molecule has 0 fully saturated rings. The number of carboxylic acids is 2. The predicted octanol–water partition coefficient (Wildman–Crippen LogP) is -1.74. The van der Waals surface area contributed by atoms with E-state index in [0.29, 0.717) is 0 Å². The molecule has 0 unspecified atom stereocenters. The van der Waals surface area contributed by atoms with Crippen LogP contribution in [0.2, 0.25) is 0 Å². The van der Waals surface area contributed by atoms with Gasteiger partial charge in [-0.1, -0.05) is 48.6 Å². The first-order valence-electron chi connectivity index (χ1n) is 4.86. The molecule has 0 saturated heterocycles. The summed E-state index contributed by atoms with van der Waals surface area (Å²) in [5.41, 5.74) is 0.220. The molecule has 1 rings (SSSR count). The number of carbonyl (C=O) groups excluding carboxylic acids is 1. The minimum absolute atomic E-state index is 0. The van der Waals surface area contributed by atoms with Crippen LogP contribution in [0.4, 0.5) is 0 Å². The molecule has 0 aliphatic heterocycles. The van der Waals surface area contributed by atoms with Gasteiger partial charge in [-0.15, -0.1) is 0 Å². The average Bonchev–Trinajstić information content (AvgIpc) is 2.31. The van der Waals surface area contributed by atoms with Crippen molar-refractivity contribution in [2.45, 2.75) is 6.92 Å². The van der Waals surface area contributed by atoms with E-state index < -0.39 is 11.9 Å². The van der Waals surface area contributed by atoms with Gasteiger partial charge in [-0.05, 0) is 12.5 Å². The second-order valence-corrected chi connectivity index (χ2v) is 2.88. The zero-order chi connectivity index (χ0) is 13.1. The van der Waals surface area contributed by atoms with E-state index in [1.54, 1.807) is 30.4 Å². The summed E-state index contributed by atoms with van der Waals surface area (Å²) in [5.74, 6) is -2.04. The summed E-state index contributed by atoms with van der Waals surface area (Å²) in [5, 5.41) is 18.1. The first-order chi connectivity index (χ1) is 8.07. The molecule has 1 aromatic rings. The van der Waals surface area contributed by atoms with Gasteiger partial charge in [0.15, 0.2) is 0 Å². The Morgan fingerprint density at radius 3 is 2.06 bits per heavy atom. The Morgan fingerprint density at radius 2 is 1.72 bits per heavy atom. The number of aromatic carboxylic acids is 1. The van der Waals surface area contributed by atoms with Crippen molar-refractivity contribution in [2.24, 2.45) is 0 Å². The predicted molar refractivity (Wildman–Crippen MR) is 62.4 cm³/mol. The Bertz CT molecular complexity index is 410. The van der Waals surface area contributed by atoms with E-state index in [0.717, 1.165) is 6.08 Å². The third kappa shape index (κ3) is 11.1. The Kier molecular flexibility index (Phi) is 12.8. The number of hydrogen-bond acceptors (Lipinski definition) is 3. The fraction of sp³-hybridized carbons (Fsp3) is 0.0769. The van der Waals surface area contributed by atoms with Crippen LogP contribution in [0, 0.1) is 0 Å². The third-order valence-corrected chi connectivity index (χ3v) is 1.55. The first kappa shape index (κ1) is 19.0. The molecule has 1 aromatic carbocycles. The SMILES string of the molecule is C/C=C/C=C/C(=O)O.O=C([O-])c1ccccc1.[Na+]. The number of rotatable bonds is 3. The van der Waals surface area contributed by atoms with Gasteiger partial charge in [0.2, 0.25) is 0 Å². The smallest absolute Gasteiger partial charge is 0.545 e. The van der Waals surface area contributed by atoms with Crippen molar-refractivity contribution in [1.29, 1.82) is 0 Å². The molecule has 1 N–H and O–H groups in total. The van der Waals surface area contributed by atoms with Crippen molar-refractivity contribution in [3.63, 3.8) is 0 Å². The summed E-state index contributed by atoms with van der Waals surface area (Å²) in [6, 6.07) is 8.06. The molecule has 5 heteroatoms. The summed E-state index contributed by atoms with van der Waals surface area (Å²) >= 11 is 0. The Labute approximate surface area is 128 Å². The van der Waals surface area contributed by atoms with E-state index in [4.69, 9.17) is 5.11 Å². The van der Waals surface area contributed by atoms with Crippen molar-refractivity contribution in [3.05, 3.63) is 60.2 Å². The van der Waals surface area contributed by atoms with Crippen molar-refractivity contribution in [1.82, 2.24) is 0 Å². The summed E-state index contributed by atoms with van der Waals surface area (Å²) in [6.45, 7) is 1.83. The van der Waals surface area contributed by atoms with Crippen LogP contribution in [0.1, 0.15) is 17.3 Å². The van der Waals surface area contributed by atoms with Crippen LogP contribution < -0.4 is 34.7 Å². The van der Waals surface area contributed by atoms with Gasteiger partial charge >= 0.3 is 35.5 Å². The molecule has 0 saturated carbocycles. The maximum Gasteiger partial charge on any atom is 1.00 e. The molecule has 0 aliphatic carbocycles. The molecular formula is C13H13NaO4. The number of aliphatic carboxylic acids is 1. The van der Waals surface area contributed by atoms with E-state index in [-0.39, 0.29) is 35.1 Å². The van der Waals surface area contributed by atoms with E-state index >= 15 is 0 Å². The van der Waals surface area contributed by atoms with Crippen LogP contribution in [-0.4, -0.2) is 17.0 Å². The average molecular weight is 256 g/mol. The number of hydrogen-bond donors (Lipinski definition) is 1. The normalized spacial score (nSPS) is 9.39. The van der Waals surface area contributed by atoms with E-state index in [2.05, 4.69) is 0 Å². The minimum atomic E-state index is -1.13. The summed E-state index contributed by atoms with van der Waals surface area (Å²) in [4.78, 5) is 19.8. The van der Waals surface area contributed by atoms with E-state index in [9.17, 15) is 14.7 Å². The fourth-order valence-corrected chi connectivity index (χ4v) is 0.823. The second-order valence-electron chi connectivity index (χ2n) is 2.88. The van der Waals surface area contributed by atoms with E-state index in [1.165, 1.54) is 18.2 Å². The molecule has 0 aromatic heterocycles. The van der Waals surface area contributed by atoms with Gasteiger partial charge in [-0.2, -0.15) is 0 Å². The number of carbonyl (C=O) groups is 2. The van der Waals surface area contributed by atoms with Crippen LogP contribution in [-0.2, 0) is 4.79 Å². The molecule has 0 atom stereocenters. The summed E-state index contributed by atoms with van der Waals surface area (Å²) < 4.78 is 0. The molecule has 0 spiro atoms. The monoisotopic (exact) mass is 256 g/mol. The molecule has 0 heterocycles. The molecule has 18 heavy (non-hydrogen) atoms. The number of benzene rings is 1. The molecule has 0 amide bonds. The standard InChI is InChI=1S/C7H6O2.C6H8O2.Na/c8-7(9)6-4-2-1-3-5-6;1-2-3-4-5-6(7)8;/h1-5H,(H,8,9);2-5H,1H3,(H,7,8);/q;;+1/p-1/b;3-2+,5-4+;. The topological polar surface area (TPSA) is 77.4 Å². The zero-order valence-corrected chi connectivity index (χ0v) is 12.4. The van der Waals surface area contributed by atoms with E-state index in [1.807, 2.05) is 6.92 Å². The van der Waals surface area contributed by atoms with Crippen molar-refractivity contribution < 1.29 is 49.4 Å². The van der Waals surface area contributed by atoms with Crippen LogP contribution in [0.5, 0.6) is 0 Å². The minimum Gasteiger partial charge on any atom is -0.545 e. The van der Waals surface area contributed by atoms with Gasteiger partial charge < -0.3 is 15.0 Å². The van der Waals surface area contributed by atoms with Gasteiger partial charge in [0, 0.05) is 6.08 Å². The first-order valence-corrected chi connectivity index (χ1v) is 4.86. The molecule has 0 radical (unpaired) electrons. The van der Waals surface area contributed by atoms with Crippen molar-refractivity contribution in [2.75, 3.05) is 0 Å². The van der Waals surface area contributed by atoms with Gasteiger partial charge in [0.05, 0.1) is 5.97 Å². The Morgan fingerprint density at radius 1 is 1.17 bits per heavy atom. The second kappa shape index (κ2) is 12.1.